The van der Waals surface area contributed by atoms with Crippen molar-refractivity contribution >= 4 is 23.8 Å². The second-order valence-electron chi connectivity index (χ2n) is 7.09. The molecule has 1 aromatic rings. The number of alkyl carbamates (subject to hydrolysis) is 2. The zero-order valence-corrected chi connectivity index (χ0v) is 15.1. The molecule has 1 heterocycles. The molecule has 2 N–H and O–H groups in total. The van der Waals surface area contributed by atoms with Gasteiger partial charge in [0.1, 0.15) is 16.9 Å². The Balaban J connectivity index is 2.89. The molecule has 9 heteroatoms. The largest absolute Gasteiger partial charge is 0.444 e. The number of nitrogens with zero attached hydrogens (tertiary/aromatic N) is 3. The molecule has 0 saturated carbocycles. The van der Waals surface area contributed by atoms with Crippen molar-refractivity contribution in [3.05, 3.63) is 12.4 Å². The minimum Gasteiger partial charge on any atom is -0.444 e. The van der Waals surface area contributed by atoms with Crippen LogP contribution in [-0.4, -0.2) is 39.1 Å². The van der Waals surface area contributed by atoms with Gasteiger partial charge in [-0.05, 0) is 41.5 Å². The molecule has 0 radical (unpaired) electrons. The van der Waals surface area contributed by atoms with E-state index >= 15 is 0 Å². The quantitative estimate of drug-likeness (QED) is 0.604. The minimum absolute atomic E-state index is 0.119. The number of aliphatic imine (C=N–C) groups is 1. The van der Waals surface area contributed by atoms with Crippen LogP contribution in [0.25, 0.3) is 0 Å². The third-order valence-corrected chi connectivity index (χ3v) is 2.17. The molecule has 0 aromatic carbocycles. The molecule has 0 aliphatic carbocycles. The van der Waals surface area contributed by atoms with Crippen LogP contribution in [0.15, 0.2) is 17.4 Å². The van der Waals surface area contributed by atoms with Crippen molar-refractivity contribution in [1.29, 1.82) is 0 Å². The number of hydrogen-bond acceptors (Lipinski definition) is 6. The lowest BCUT2D eigenvalue weighted by molar-refractivity contribution is 0.0545. The van der Waals surface area contributed by atoms with Gasteiger partial charge in [0.25, 0.3) is 0 Å². The monoisotopic (exact) mass is 339 g/mol. The number of hydrogen-bond donors (Lipinski definition) is 2. The van der Waals surface area contributed by atoms with Crippen molar-refractivity contribution in [1.82, 2.24) is 20.4 Å². The first-order valence-electron chi connectivity index (χ1n) is 7.41. The van der Waals surface area contributed by atoms with E-state index in [2.05, 4.69) is 20.7 Å². The smallest absolute Gasteiger partial charge is 0.414 e. The first-order valence-corrected chi connectivity index (χ1v) is 7.41. The van der Waals surface area contributed by atoms with E-state index in [4.69, 9.17) is 9.47 Å². The van der Waals surface area contributed by atoms with E-state index in [1.807, 2.05) is 0 Å². The Kier molecular flexibility index (Phi) is 5.94. The maximum absolute atomic E-state index is 11.9. The van der Waals surface area contributed by atoms with E-state index < -0.39 is 23.4 Å². The zero-order chi connectivity index (χ0) is 18.5. The highest BCUT2D eigenvalue weighted by molar-refractivity contribution is 6.02. The van der Waals surface area contributed by atoms with Crippen LogP contribution < -0.4 is 10.6 Å². The molecule has 0 atom stereocenters. The molecule has 0 aliphatic rings. The second-order valence-corrected chi connectivity index (χ2v) is 7.09. The Morgan fingerprint density at radius 3 is 1.83 bits per heavy atom. The molecule has 0 saturated heterocycles. The van der Waals surface area contributed by atoms with Crippen LogP contribution in [0, 0.1) is 0 Å². The van der Waals surface area contributed by atoms with Crippen LogP contribution in [0.4, 0.5) is 15.3 Å². The number of guanidine groups is 1. The summed E-state index contributed by atoms with van der Waals surface area (Å²) in [5.74, 6) is -0.119. The number of aromatic nitrogens is 2. The lowest BCUT2D eigenvalue weighted by Gasteiger charge is -2.22. The van der Waals surface area contributed by atoms with E-state index in [1.165, 1.54) is 10.9 Å². The lowest BCUT2D eigenvalue weighted by atomic mass is 10.2. The van der Waals surface area contributed by atoms with E-state index in [1.54, 1.807) is 54.8 Å². The van der Waals surface area contributed by atoms with E-state index in [-0.39, 0.29) is 5.96 Å². The molecule has 0 bridgehead atoms. The van der Waals surface area contributed by atoms with Gasteiger partial charge < -0.3 is 9.47 Å². The van der Waals surface area contributed by atoms with Crippen molar-refractivity contribution in [3.63, 3.8) is 0 Å². The van der Waals surface area contributed by atoms with Gasteiger partial charge in [0, 0.05) is 7.05 Å². The van der Waals surface area contributed by atoms with Gasteiger partial charge >= 0.3 is 12.2 Å². The standard InChI is InChI=1S/C15H25N5O4/c1-14(2,3)23-12(21)18-11(17-10-8-16-20(7)9-10)19-13(22)24-15(4,5)6/h8-9H,1-7H3,(H2,17,18,19,21,22). The highest BCUT2D eigenvalue weighted by atomic mass is 16.6. The molecule has 24 heavy (non-hydrogen) atoms. The Hall–Kier alpha value is -2.58. The first kappa shape index (κ1) is 19.5. The first-order chi connectivity index (χ1) is 10.8. The minimum atomic E-state index is -0.749. The summed E-state index contributed by atoms with van der Waals surface area (Å²) in [6.07, 6.45) is 1.60. The van der Waals surface area contributed by atoms with Gasteiger partial charge in [0.05, 0.1) is 12.4 Å². The number of ether oxygens (including phenoxy) is 2. The van der Waals surface area contributed by atoms with Crippen LogP contribution in [0.3, 0.4) is 0 Å². The summed E-state index contributed by atoms with van der Waals surface area (Å²) >= 11 is 0. The molecule has 134 valence electrons. The SMILES string of the molecule is Cn1cc(N=C(NC(=O)OC(C)(C)C)NC(=O)OC(C)(C)C)cn1. The van der Waals surface area contributed by atoms with Gasteiger partial charge in [0.15, 0.2) is 0 Å². The highest BCUT2D eigenvalue weighted by Crippen LogP contribution is 2.10. The predicted molar refractivity (Wildman–Crippen MR) is 89.0 cm³/mol. The molecule has 1 rings (SSSR count). The van der Waals surface area contributed by atoms with Crippen LogP contribution in [0.1, 0.15) is 41.5 Å². The number of nitrogens with one attached hydrogen (secondary N) is 2. The zero-order valence-electron chi connectivity index (χ0n) is 15.1. The van der Waals surface area contributed by atoms with Crippen molar-refractivity contribution in [2.45, 2.75) is 52.7 Å². The fourth-order valence-corrected chi connectivity index (χ4v) is 1.48. The summed E-state index contributed by atoms with van der Waals surface area (Å²) in [7, 11) is 1.72. The highest BCUT2D eigenvalue weighted by Gasteiger charge is 2.21. The fraction of sp³-hybridized carbons (Fsp3) is 0.600. The third kappa shape index (κ3) is 8.16. The average Bonchev–Trinajstić information content (AvgIpc) is 2.68. The van der Waals surface area contributed by atoms with Gasteiger partial charge in [-0.2, -0.15) is 5.10 Å². The van der Waals surface area contributed by atoms with Crippen molar-refractivity contribution in [2.75, 3.05) is 0 Å². The predicted octanol–water partition coefficient (Wildman–Crippen LogP) is 2.46. The Labute approximate surface area is 141 Å². The topological polar surface area (TPSA) is 107 Å². The maximum atomic E-state index is 11.9. The van der Waals surface area contributed by atoms with E-state index in [9.17, 15) is 9.59 Å². The van der Waals surface area contributed by atoms with Crippen molar-refractivity contribution in [2.24, 2.45) is 12.0 Å². The average molecular weight is 339 g/mol. The van der Waals surface area contributed by atoms with E-state index in [0.717, 1.165) is 0 Å². The molecule has 2 amide bonds. The van der Waals surface area contributed by atoms with Gasteiger partial charge in [-0.15, -0.1) is 0 Å². The van der Waals surface area contributed by atoms with Gasteiger partial charge in [-0.1, -0.05) is 0 Å². The normalized spacial score (nSPS) is 11.5. The van der Waals surface area contributed by atoms with Crippen LogP contribution >= 0.6 is 0 Å². The summed E-state index contributed by atoms with van der Waals surface area (Å²) in [6, 6.07) is 0. The lowest BCUT2D eigenvalue weighted by Crippen LogP contribution is -2.47. The number of aryl methyl sites for hydroxylation is 1. The van der Waals surface area contributed by atoms with E-state index in [0.29, 0.717) is 5.69 Å². The molecule has 0 unspecified atom stereocenters. The maximum Gasteiger partial charge on any atom is 0.414 e. The van der Waals surface area contributed by atoms with Gasteiger partial charge in [-0.25, -0.2) is 14.6 Å². The summed E-state index contributed by atoms with van der Waals surface area (Å²) in [6.45, 7) is 10.4. The van der Waals surface area contributed by atoms with Crippen molar-refractivity contribution < 1.29 is 19.1 Å². The summed E-state index contributed by atoms with van der Waals surface area (Å²) in [4.78, 5) is 27.9. The Bertz CT molecular complexity index is 591. The molecule has 0 aliphatic heterocycles. The fourth-order valence-electron chi connectivity index (χ4n) is 1.48. The van der Waals surface area contributed by atoms with Gasteiger partial charge in [0.2, 0.25) is 5.96 Å². The third-order valence-electron chi connectivity index (χ3n) is 2.17. The summed E-state index contributed by atoms with van der Waals surface area (Å²) in [5.41, 5.74) is -0.926. The number of carbonyl (C=O) groups is 2. The Morgan fingerprint density at radius 1 is 1.04 bits per heavy atom. The van der Waals surface area contributed by atoms with Crippen LogP contribution in [0.5, 0.6) is 0 Å². The number of rotatable bonds is 1. The summed E-state index contributed by atoms with van der Waals surface area (Å²) < 4.78 is 11.8. The molecule has 0 spiro atoms. The molecule has 9 nitrogen and oxygen atoms in total. The number of carbonyl (C=O) groups excluding carboxylic acids is 2. The Morgan fingerprint density at radius 2 is 1.50 bits per heavy atom. The molecule has 1 aromatic heterocycles. The van der Waals surface area contributed by atoms with Crippen molar-refractivity contribution in [3.8, 4) is 0 Å². The van der Waals surface area contributed by atoms with Crippen LogP contribution in [-0.2, 0) is 16.5 Å². The van der Waals surface area contributed by atoms with Gasteiger partial charge in [-0.3, -0.25) is 15.3 Å². The van der Waals surface area contributed by atoms with Crippen LogP contribution in [0.2, 0.25) is 0 Å². The molecule has 0 fully saturated rings. The molecular formula is C15H25N5O4. The second kappa shape index (κ2) is 7.33. The number of amides is 2. The molecular weight excluding hydrogens is 314 g/mol. The summed E-state index contributed by atoms with van der Waals surface area (Å²) in [5, 5.41) is 8.74.